The Morgan fingerprint density at radius 3 is 2.82 bits per heavy atom. The lowest BCUT2D eigenvalue weighted by Gasteiger charge is -2.15. The molecule has 0 saturated heterocycles. The molecule has 180 valence electrons. The minimum atomic E-state index is -0.377. The third-order valence-electron chi connectivity index (χ3n) is 5.85. The molecule has 7 nitrogen and oxygen atoms in total. The van der Waals surface area contributed by atoms with E-state index in [0.29, 0.717) is 21.3 Å². The maximum absolute atomic E-state index is 13.0. The lowest BCUT2D eigenvalue weighted by Crippen LogP contribution is -2.19. The number of aromatic nitrogens is 2. The van der Waals surface area contributed by atoms with E-state index in [9.17, 15) is 9.59 Å². The minimum absolute atomic E-state index is 0.148. The SMILES string of the molecule is CCC(C)OC(=O)c1c(NC(=O)c2ccn(COc3ccc(Cl)cc3C)n2)sc2c1CCCC2. The van der Waals surface area contributed by atoms with Crippen LogP contribution in [0, 0.1) is 6.92 Å². The second kappa shape index (κ2) is 10.6. The van der Waals surface area contributed by atoms with Crippen LogP contribution in [0.2, 0.25) is 5.02 Å². The second-order valence-corrected chi connectivity index (χ2v) is 9.96. The quantitative estimate of drug-likeness (QED) is 0.381. The van der Waals surface area contributed by atoms with Gasteiger partial charge in [0.15, 0.2) is 12.4 Å². The summed E-state index contributed by atoms with van der Waals surface area (Å²) in [7, 11) is 0. The van der Waals surface area contributed by atoms with Crippen molar-refractivity contribution in [1.82, 2.24) is 9.78 Å². The Balaban J connectivity index is 1.48. The highest BCUT2D eigenvalue weighted by Gasteiger charge is 2.28. The number of rotatable bonds is 8. The van der Waals surface area contributed by atoms with E-state index in [0.717, 1.165) is 48.1 Å². The van der Waals surface area contributed by atoms with Crippen LogP contribution in [-0.4, -0.2) is 27.8 Å². The Morgan fingerprint density at radius 2 is 2.06 bits per heavy atom. The molecule has 0 saturated carbocycles. The van der Waals surface area contributed by atoms with Gasteiger partial charge in [-0.05, 0) is 81.3 Å². The maximum atomic E-state index is 13.0. The monoisotopic (exact) mass is 501 g/mol. The number of ether oxygens (including phenoxy) is 2. The number of anilines is 1. The number of nitrogens with zero attached hydrogens (tertiary/aromatic N) is 2. The van der Waals surface area contributed by atoms with Gasteiger partial charge in [-0.3, -0.25) is 4.79 Å². The van der Waals surface area contributed by atoms with Crippen LogP contribution >= 0.6 is 22.9 Å². The van der Waals surface area contributed by atoms with Gasteiger partial charge >= 0.3 is 5.97 Å². The average Bonchev–Trinajstić information content (AvgIpc) is 3.42. The first-order valence-corrected chi connectivity index (χ1v) is 12.6. The van der Waals surface area contributed by atoms with Crippen molar-refractivity contribution < 1.29 is 19.1 Å². The number of halogens is 1. The van der Waals surface area contributed by atoms with Crippen LogP contribution in [0.4, 0.5) is 5.00 Å². The summed E-state index contributed by atoms with van der Waals surface area (Å²) in [5.74, 6) is -0.0570. The third-order valence-corrected chi connectivity index (χ3v) is 7.29. The molecule has 1 atom stereocenters. The van der Waals surface area contributed by atoms with Crippen LogP contribution in [0.3, 0.4) is 0 Å². The maximum Gasteiger partial charge on any atom is 0.341 e. The smallest absolute Gasteiger partial charge is 0.341 e. The first kappa shape index (κ1) is 24.3. The molecule has 1 aliphatic carbocycles. The van der Waals surface area contributed by atoms with Crippen molar-refractivity contribution in [3.8, 4) is 5.75 Å². The van der Waals surface area contributed by atoms with E-state index < -0.39 is 0 Å². The fourth-order valence-corrected chi connectivity index (χ4v) is 5.33. The number of carbonyl (C=O) groups excluding carboxylic acids is 2. The average molecular weight is 502 g/mol. The van der Waals surface area contributed by atoms with Gasteiger partial charge in [0.1, 0.15) is 10.8 Å². The lowest BCUT2D eigenvalue weighted by atomic mass is 9.95. The first-order valence-electron chi connectivity index (χ1n) is 11.4. The van der Waals surface area contributed by atoms with E-state index in [1.807, 2.05) is 26.8 Å². The highest BCUT2D eigenvalue weighted by atomic mass is 35.5. The summed E-state index contributed by atoms with van der Waals surface area (Å²) in [6.45, 7) is 5.90. The van der Waals surface area contributed by atoms with Crippen LogP contribution in [0.15, 0.2) is 30.5 Å². The molecule has 1 aromatic carbocycles. The molecule has 2 heterocycles. The van der Waals surface area contributed by atoms with E-state index >= 15 is 0 Å². The van der Waals surface area contributed by atoms with E-state index in [4.69, 9.17) is 21.1 Å². The van der Waals surface area contributed by atoms with Crippen molar-refractivity contribution in [3.63, 3.8) is 0 Å². The van der Waals surface area contributed by atoms with Crippen molar-refractivity contribution >= 4 is 39.8 Å². The molecule has 1 amide bonds. The fourth-order valence-electron chi connectivity index (χ4n) is 3.83. The Bertz CT molecular complexity index is 1200. The zero-order valence-electron chi connectivity index (χ0n) is 19.5. The molecule has 0 aliphatic heterocycles. The molecule has 0 bridgehead atoms. The van der Waals surface area contributed by atoms with Gasteiger partial charge in [-0.25, -0.2) is 9.48 Å². The summed E-state index contributed by atoms with van der Waals surface area (Å²) in [5, 5.41) is 8.41. The molecule has 0 fully saturated rings. The molecule has 3 aromatic rings. The Morgan fingerprint density at radius 1 is 1.26 bits per heavy atom. The second-order valence-electron chi connectivity index (χ2n) is 8.42. The highest BCUT2D eigenvalue weighted by molar-refractivity contribution is 7.17. The number of hydrogen-bond acceptors (Lipinski definition) is 6. The molecule has 2 aromatic heterocycles. The number of esters is 1. The van der Waals surface area contributed by atoms with Crippen LogP contribution in [0.5, 0.6) is 5.75 Å². The lowest BCUT2D eigenvalue weighted by molar-refractivity contribution is 0.0335. The number of thiophene rings is 1. The molecule has 1 N–H and O–H groups in total. The number of hydrogen-bond donors (Lipinski definition) is 1. The normalized spacial score (nSPS) is 13.8. The van der Waals surface area contributed by atoms with Crippen molar-refractivity contribution in [2.75, 3.05) is 5.32 Å². The van der Waals surface area contributed by atoms with Gasteiger partial charge in [-0.2, -0.15) is 5.10 Å². The zero-order chi connectivity index (χ0) is 24.2. The number of aryl methyl sites for hydroxylation is 2. The summed E-state index contributed by atoms with van der Waals surface area (Å²) in [6.07, 6.45) is 6.07. The van der Waals surface area contributed by atoms with Crippen LogP contribution in [0.25, 0.3) is 0 Å². The number of fused-ring (bicyclic) bond motifs is 1. The molecule has 34 heavy (non-hydrogen) atoms. The third kappa shape index (κ3) is 5.45. The highest BCUT2D eigenvalue weighted by Crippen LogP contribution is 2.39. The Hall–Kier alpha value is -2.84. The molecular formula is C25H28ClN3O4S. The first-order chi connectivity index (χ1) is 16.4. The topological polar surface area (TPSA) is 82.5 Å². The molecule has 1 unspecified atom stereocenters. The summed E-state index contributed by atoms with van der Waals surface area (Å²) < 4.78 is 12.9. The number of nitrogens with one attached hydrogen (secondary N) is 1. The molecule has 0 radical (unpaired) electrons. The molecule has 9 heteroatoms. The van der Waals surface area contributed by atoms with E-state index in [-0.39, 0.29) is 30.4 Å². The fraction of sp³-hybridized carbons (Fsp3) is 0.400. The molecule has 4 rings (SSSR count). The Labute approximate surface area is 208 Å². The summed E-state index contributed by atoms with van der Waals surface area (Å²) >= 11 is 7.45. The largest absolute Gasteiger partial charge is 0.471 e. The van der Waals surface area contributed by atoms with E-state index in [1.165, 1.54) is 11.3 Å². The van der Waals surface area contributed by atoms with Gasteiger partial charge in [-0.1, -0.05) is 18.5 Å². The molecular weight excluding hydrogens is 474 g/mol. The standard InChI is InChI=1S/C25H28ClN3O4S/c1-4-16(3)33-25(31)22-18-7-5-6-8-21(18)34-24(22)27-23(30)19-11-12-29(28-19)14-32-20-10-9-17(26)13-15(20)2/h9-13,16H,4-8,14H2,1-3H3,(H,27,30). The summed E-state index contributed by atoms with van der Waals surface area (Å²) in [4.78, 5) is 27.1. The van der Waals surface area contributed by atoms with Crippen molar-refractivity contribution in [1.29, 1.82) is 0 Å². The van der Waals surface area contributed by atoms with Gasteiger partial charge in [0.05, 0.1) is 11.7 Å². The number of benzene rings is 1. The van der Waals surface area contributed by atoms with Crippen molar-refractivity contribution in [2.24, 2.45) is 0 Å². The van der Waals surface area contributed by atoms with Crippen LogP contribution in [0.1, 0.15) is 70.0 Å². The molecule has 0 spiro atoms. The van der Waals surface area contributed by atoms with Crippen molar-refractivity contribution in [2.45, 2.75) is 65.7 Å². The zero-order valence-corrected chi connectivity index (χ0v) is 21.1. The minimum Gasteiger partial charge on any atom is -0.471 e. The predicted molar refractivity (Wildman–Crippen MR) is 133 cm³/mol. The van der Waals surface area contributed by atoms with Gasteiger partial charge in [-0.15, -0.1) is 11.3 Å². The van der Waals surface area contributed by atoms with Crippen LogP contribution in [-0.2, 0) is 24.3 Å². The number of carbonyl (C=O) groups is 2. The molecule has 1 aliphatic rings. The van der Waals surface area contributed by atoms with E-state index in [1.54, 1.807) is 29.1 Å². The van der Waals surface area contributed by atoms with Crippen molar-refractivity contribution in [3.05, 3.63) is 62.7 Å². The van der Waals surface area contributed by atoms with Crippen LogP contribution < -0.4 is 10.1 Å². The van der Waals surface area contributed by atoms with Gasteiger partial charge in [0, 0.05) is 16.1 Å². The number of amides is 1. The summed E-state index contributed by atoms with van der Waals surface area (Å²) in [5.41, 5.74) is 2.66. The Kier molecular flexibility index (Phi) is 7.58. The predicted octanol–water partition coefficient (Wildman–Crippen LogP) is 6.03. The van der Waals surface area contributed by atoms with Gasteiger partial charge < -0.3 is 14.8 Å². The summed E-state index contributed by atoms with van der Waals surface area (Å²) in [6, 6.07) is 7.01. The van der Waals surface area contributed by atoms with Gasteiger partial charge in [0.2, 0.25) is 0 Å². The van der Waals surface area contributed by atoms with Gasteiger partial charge in [0.25, 0.3) is 5.91 Å². The van der Waals surface area contributed by atoms with E-state index in [2.05, 4.69) is 10.4 Å².